The Labute approximate surface area is 164 Å². The molecule has 0 aliphatic carbocycles. The van der Waals surface area contributed by atoms with Crippen LogP contribution in [0.3, 0.4) is 0 Å². The molecule has 142 valence electrons. The SMILES string of the molecule is O=C1CCCN1Cc1ccc(C(=O)N(Cc2ccco2)c2ccccc2)cc1. The summed E-state index contributed by atoms with van der Waals surface area (Å²) < 4.78 is 5.44. The van der Waals surface area contributed by atoms with E-state index in [1.165, 1.54) is 0 Å². The Morgan fingerprint density at radius 2 is 1.79 bits per heavy atom. The maximum Gasteiger partial charge on any atom is 0.258 e. The zero-order valence-corrected chi connectivity index (χ0v) is 15.6. The number of hydrogen-bond donors (Lipinski definition) is 0. The summed E-state index contributed by atoms with van der Waals surface area (Å²) in [6, 6.07) is 20.8. The number of nitrogens with zero attached hydrogens (tertiary/aromatic N) is 2. The Balaban J connectivity index is 1.53. The first-order chi connectivity index (χ1) is 13.7. The van der Waals surface area contributed by atoms with Crippen LogP contribution in [0.5, 0.6) is 0 Å². The van der Waals surface area contributed by atoms with Crippen LogP contribution in [-0.2, 0) is 17.9 Å². The molecule has 1 fully saturated rings. The minimum atomic E-state index is -0.0913. The van der Waals surface area contributed by atoms with Crippen molar-refractivity contribution in [1.29, 1.82) is 0 Å². The van der Waals surface area contributed by atoms with Crippen molar-refractivity contribution in [3.63, 3.8) is 0 Å². The average molecular weight is 374 g/mol. The van der Waals surface area contributed by atoms with Crippen LogP contribution < -0.4 is 4.90 Å². The predicted octanol–water partition coefficient (Wildman–Crippen LogP) is 4.25. The van der Waals surface area contributed by atoms with Gasteiger partial charge in [-0.05, 0) is 48.4 Å². The Hall–Kier alpha value is -3.34. The highest BCUT2D eigenvalue weighted by atomic mass is 16.3. The number of benzene rings is 2. The van der Waals surface area contributed by atoms with Crippen molar-refractivity contribution in [2.45, 2.75) is 25.9 Å². The van der Waals surface area contributed by atoms with Crippen LogP contribution in [0.1, 0.15) is 34.5 Å². The highest BCUT2D eigenvalue weighted by Gasteiger charge is 2.21. The molecule has 5 heteroatoms. The van der Waals surface area contributed by atoms with Crippen LogP contribution in [0, 0.1) is 0 Å². The molecule has 28 heavy (non-hydrogen) atoms. The van der Waals surface area contributed by atoms with E-state index in [-0.39, 0.29) is 11.8 Å². The van der Waals surface area contributed by atoms with Gasteiger partial charge in [0.05, 0.1) is 12.8 Å². The van der Waals surface area contributed by atoms with Gasteiger partial charge in [0.1, 0.15) is 5.76 Å². The Morgan fingerprint density at radius 3 is 2.43 bits per heavy atom. The molecule has 1 aromatic heterocycles. The van der Waals surface area contributed by atoms with Gasteiger partial charge in [-0.25, -0.2) is 0 Å². The second kappa shape index (κ2) is 8.13. The van der Waals surface area contributed by atoms with Crippen LogP contribution in [0.15, 0.2) is 77.4 Å². The number of amides is 2. The molecule has 0 saturated carbocycles. The van der Waals surface area contributed by atoms with Crippen molar-refractivity contribution in [3.05, 3.63) is 89.9 Å². The van der Waals surface area contributed by atoms with E-state index in [9.17, 15) is 9.59 Å². The van der Waals surface area contributed by atoms with E-state index in [0.717, 1.165) is 30.0 Å². The summed E-state index contributed by atoms with van der Waals surface area (Å²) in [4.78, 5) is 28.6. The highest BCUT2D eigenvalue weighted by Crippen LogP contribution is 2.21. The van der Waals surface area contributed by atoms with Crippen molar-refractivity contribution in [2.75, 3.05) is 11.4 Å². The van der Waals surface area contributed by atoms with Crippen molar-refractivity contribution in [2.24, 2.45) is 0 Å². The third-order valence-corrected chi connectivity index (χ3v) is 4.95. The van der Waals surface area contributed by atoms with Gasteiger partial charge in [-0.3, -0.25) is 9.59 Å². The van der Waals surface area contributed by atoms with Crippen molar-refractivity contribution >= 4 is 17.5 Å². The third kappa shape index (κ3) is 3.98. The molecule has 3 aromatic rings. The van der Waals surface area contributed by atoms with Gasteiger partial charge < -0.3 is 14.2 Å². The molecule has 0 atom stereocenters. The quantitative estimate of drug-likeness (QED) is 0.648. The first-order valence-electron chi connectivity index (χ1n) is 9.47. The maximum absolute atomic E-state index is 13.2. The van der Waals surface area contributed by atoms with Gasteiger partial charge in [-0.1, -0.05) is 30.3 Å². The lowest BCUT2D eigenvalue weighted by molar-refractivity contribution is -0.128. The molecule has 4 rings (SSSR count). The molecule has 0 spiro atoms. The molecule has 0 N–H and O–H groups in total. The van der Waals surface area contributed by atoms with Crippen molar-refractivity contribution < 1.29 is 14.0 Å². The fourth-order valence-corrected chi connectivity index (χ4v) is 3.45. The first kappa shape index (κ1) is 18.0. The van der Waals surface area contributed by atoms with Gasteiger partial charge in [-0.15, -0.1) is 0 Å². The van der Waals surface area contributed by atoms with Gasteiger partial charge in [0.15, 0.2) is 0 Å². The second-order valence-electron chi connectivity index (χ2n) is 6.92. The summed E-state index contributed by atoms with van der Waals surface area (Å²) in [7, 11) is 0. The van der Waals surface area contributed by atoms with E-state index < -0.39 is 0 Å². The Morgan fingerprint density at radius 1 is 1.00 bits per heavy atom. The molecule has 2 amide bonds. The average Bonchev–Trinajstić information content (AvgIpc) is 3.39. The molecule has 1 saturated heterocycles. The largest absolute Gasteiger partial charge is 0.467 e. The van der Waals surface area contributed by atoms with Crippen molar-refractivity contribution in [3.8, 4) is 0 Å². The normalized spacial score (nSPS) is 13.7. The van der Waals surface area contributed by atoms with Gasteiger partial charge >= 0.3 is 0 Å². The molecule has 0 unspecified atom stereocenters. The van der Waals surface area contributed by atoms with Crippen LogP contribution >= 0.6 is 0 Å². The van der Waals surface area contributed by atoms with Gasteiger partial charge in [0, 0.05) is 30.8 Å². The van der Waals surface area contributed by atoms with Gasteiger partial charge in [-0.2, -0.15) is 0 Å². The van der Waals surface area contributed by atoms with Crippen molar-refractivity contribution in [1.82, 2.24) is 4.90 Å². The fourth-order valence-electron chi connectivity index (χ4n) is 3.45. The molecule has 0 radical (unpaired) electrons. The number of furan rings is 1. The lowest BCUT2D eigenvalue weighted by Crippen LogP contribution is -2.30. The smallest absolute Gasteiger partial charge is 0.258 e. The third-order valence-electron chi connectivity index (χ3n) is 4.95. The highest BCUT2D eigenvalue weighted by molar-refractivity contribution is 6.06. The number of rotatable bonds is 6. The van der Waals surface area contributed by atoms with Crippen LogP contribution in [0.2, 0.25) is 0 Å². The standard InChI is InChI=1S/C23H22N2O3/c26-22-9-4-14-24(22)16-18-10-12-19(13-11-18)23(27)25(17-21-8-5-15-28-21)20-6-2-1-3-7-20/h1-3,5-8,10-13,15H,4,9,14,16-17H2. The summed E-state index contributed by atoms with van der Waals surface area (Å²) in [5.41, 5.74) is 2.45. The molecule has 1 aliphatic rings. The van der Waals surface area contributed by atoms with Crippen LogP contribution in [-0.4, -0.2) is 23.3 Å². The first-order valence-corrected chi connectivity index (χ1v) is 9.47. The summed E-state index contributed by atoms with van der Waals surface area (Å²) in [6.07, 6.45) is 3.17. The second-order valence-corrected chi connectivity index (χ2v) is 6.92. The molecule has 1 aliphatic heterocycles. The molecular formula is C23H22N2O3. The Kier molecular flexibility index (Phi) is 5.24. The molecule has 5 nitrogen and oxygen atoms in total. The summed E-state index contributed by atoms with van der Waals surface area (Å²) in [5.74, 6) is 0.835. The molecule has 0 bridgehead atoms. The van der Waals surface area contributed by atoms with E-state index in [4.69, 9.17) is 4.42 Å². The number of anilines is 1. The number of hydrogen-bond acceptors (Lipinski definition) is 3. The maximum atomic E-state index is 13.2. The number of carbonyl (C=O) groups excluding carboxylic acids is 2. The lowest BCUT2D eigenvalue weighted by atomic mass is 10.1. The lowest BCUT2D eigenvalue weighted by Gasteiger charge is -2.22. The molecule has 2 heterocycles. The van der Waals surface area contributed by atoms with E-state index in [1.807, 2.05) is 71.6 Å². The van der Waals surface area contributed by atoms with E-state index in [1.54, 1.807) is 11.2 Å². The van der Waals surface area contributed by atoms with E-state index in [0.29, 0.717) is 25.1 Å². The Bertz CT molecular complexity index is 934. The minimum absolute atomic E-state index is 0.0913. The molecular weight excluding hydrogens is 352 g/mol. The summed E-state index contributed by atoms with van der Waals surface area (Å²) >= 11 is 0. The zero-order chi connectivity index (χ0) is 19.3. The van der Waals surface area contributed by atoms with Gasteiger partial charge in [0.2, 0.25) is 5.91 Å². The van der Waals surface area contributed by atoms with E-state index in [2.05, 4.69) is 0 Å². The monoisotopic (exact) mass is 374 g/mol. The topological polar surface area (TPSA) is 53.8 Å². The van der Waals surface area contributed by atoms with Gasteiger partial charge in [0.25, 0.3) is 5.91 Å². The number of para-hydroxylation sites is 1. The molecule has 2 aromatic carbocycles. The fraction of sp³-hybridized carbons (Fsp3) is 0.217. The number of carbonyl (C=O) groups is 2. The number of likely N-dealkylation sites (tertiary alicyclic amines) is 1. The summed E-state index contributed by atoms with van der Waals surface area (Å²) in [6.45, 7) is 1.77. The minimum Gasteiger partial charge on any atom is -0.467 e. The van der Waals surface area contributed by atoms with E-state index >= 15 is 0 Å². The van der Waals surface area contributed by atoms with Crippen LogP contribution in [0.4, 0.5) is 5.69 Å². The predicted molar refractivity (Wildman–Crippen MR) is 107 cm³/mol. The summed E-state index contributed by atoms with van der Waals surface area (Å²) in [5, 5.41) is 0. The zero-order valence-electron chi connectivity index (χ0n) is 15.6. The van der Waals surface area contributed by atoms with Crippen LogP contribution in [0.25, 0.3) is 0 Å².